The molecule has 144 valence electrons. The van der Waals surface area contributed by atoms with Crippen molar-refractivity contribution in [3.63, 3.8) is 0 Å². The molecule has 2 saturated heterocycles. The third-order valence-electron chi connectivity index (χ3n) is 5.64. The molecule has 1 aromatic heterocycles. The predicted octanol–water partition coefficient (Wildman–Crippen LogP) is 1.03. The van der Waals surface area contributed by atoms with Crippen molar-refractivity contribution in [2.75, 3.05) is 52.9 Å². The van der Waals surface area contributed by atoms with Gasteiger partial charge in [0.25, 0.3) is 5.91 Å². The van der Waals surface area contributed by atoms with Crippen molar-refractivity contribution in [2.45, 2.75) is 33.4 Å². The van der Waals surface area contributed by atoms with Crippen molar-refractivity contribution in [3.8, 4) is 0 Å². The quantitative estimate of drug-likeness (QED) is 0.783. The molecule has 7 heteroatoms. The van der Waals surface area contributed by atoms with Crippen LogP contribution in [0.15, 0.2) is 10.5 Å². The lowest BCUT2D eigenvalue weighted by atomic mass is 10.1. The molecule has 0 radical (unpaired) electrons. The number of carbonyl (C=O) groups excluding carboxylic acids is 2. The average molecular weight is 362 g/mol. The molecule has 3 rings (SSSR count). The number of aryl methyl sites for hydroxylation is 1. The summed E-state index contributed by atoms with van der Waals surface area (Å²) in [6.07, 6.45) is 0. The van der Waals surface area contributed by atoms with Crippen LogP contribution in [0.2, 0.25) is 0 Å². The Morgan fingerprint density at radius 3 is 2.62 bits per heavy atom. The molecule has 3 heterocycles. The highest BCUT2D eigenvalue weighted by Crippen LogP contribution is 2.22. The van der Waals surface area contributed by atoms with Crippen LogP contribution >= 0.6 is 0 Å². The summed E-state index contributed by atoms with van der Waals surface area (Å²) in [5, 5.41) is 0. The molecular weight excluding hydrogens is 332 g/mol. The standard InChI is InChI=1S/C19H30N4O3/c1-5-21(6-2)12-15-11-16(14(3)26-15)18(24)23-10-9-22-8-7-20(4)19(25)17(22)13-23/h11,17H,5-10,12-13H2,1-4H3/t17-/m1/s1. The van der Waals surface area contributed by atoms with Gasteiger partial charge in [0.15, 0.2) is 0 Å². The highest BCUT2D eigenvalue weighted by atomic mass is 16.3. The van der Waals surface area contributed by atoms with E-state index in [0.29, 0.717) is 31.0 Å². The Labute approximate surface area is 155 Å². The summed E-state index contributed by atoms with van der Waals surface area (Å²) in [4.78, 5) is 33.5. The molecule has 26 heavy (non-hydrogen) atoms. The molecule has 0 unspecified atom stereocenters. The van der Waals surface area contributed by atoms with E-state index >= 15 is 0 Å². The second-order valence-corrected chi connectivity index (χ2v) is 7.21. The lowest BCUT2D eigenvalue weighted by molar-refractivity contribution is -0.142. The van der Waals surface area contributed by atoms with Crippen molar-refractivity contribution in [1.82, 2.24) is 19.6 Å². The molecule has 0 saturated carbocycles. The molecule has 0 spiro atoms. The number of rotatable bonds is 5. The van der Waals surface area contributed by atoms with Crippen LogP contribution < -0.4 is 0 Å². The van der Waals surface area contributed by atoms with Gasteiger partial charge in [0, 0.05) is 39.8 Å². The van der Waals surface area contributed by atoms with E-state index in [4.69, 9.17) is 4.42 Å². The lowest BCUT2D eigenvalue weighted by Gasteiger charge is -2.45. The van der Waals surface area contributed by atoms with Gasteiger partial charge in [0.1, 0.15) is 17.6 Å². The van der Waals surface area contributed by atoms with Crippen molar-refractivity contribution in [3.05, 3.63) is 23.2 Å². The Morgan fingerprint density at radius 2 is 1.92 bits per heavy atom. The first-order chi connectivity index (χ1) is 12.4. The summed E-state index contributed by atoms with van der Waals surface area (Å²) in [6, 6.07) is 1.66. The lowest BCUT2D eigenvalue weighted by Crippen LogP contribution is -2.64. The minimum absolute atomic E-state index is 0.0299. The summed E-state index contributed by atoms with van der Waals surface area (Å²) in [6.45, 7) is 12.2. The zero-order chi connectivity index (χ0) is 18.8. The largest absolute Gasteiger partial charge is 0.464 e. The normalized spacial score (nSPS) is 21.4. The van der Waals surface area contributed by atoms with Crippen LogP contribution in [-0.4, -0.2) is 90.3 Å². The monoisotopic (exact) mass is 362 g/mol. The Morgan fingerprint density at radius 1 is 1.23 bits per heavy atom. The third kappa shape index (κ3) is 3.64. The summed E-state index contributed by atoms with van der Waals surface area (Å²) in [5.41, 5.74) is 0.622. The van der Waals surface area contributed by atoms with Crippen LogP contribution in [-0.2, 0) is 11.3 Å². The van der Waals surface area contributed by atoms with E-state index in [0.717, 1.165) is 38.5 Å². The van der Waals surface area contributed by atoms with E-state index in [1.54, 1.807) is 9.80 Å². The number of hydrogen-bond donors (Lipinski definition) is 0. The van der Waals surface area contributed by atoms with E-state index in [9.17, 15) is 9.59 Å². The zero-order valence-corrected chi connectivity index (χ0v) is 16.3. The third-order valence-corrected chi connectivity index (χ3v) is 5.64. The van der Waals surface area contributed by atoms with Gasteiger partial charge in [-0.05, 0) is 26.1 Å². The van der Waals surface area contributed by atoms with Crippen LogP contribution in [0.5, 0.6) is 0 Å². The second kappa shape index (κ2) is 7.80. The van der Waals surface area contributed by atoms with E-state index in [1.165, 1.54) is 0 Å². The second-order valence-electron chi connectivity index (χ2n) is 7.21. The molecular formula is C19H30N4O3. The van der Waals surface area contributed by atoms with Gasteiger partial charge in [0.2, 0.25) is 5.91 Å². The van der Waals surface area contributed by atoms with Gasteiger partial charge >= 0.3 is 0 Å². The molecule has 7 nitrogen and oxygen atoms in total. The van der Waals surface area contributed by atoms with Crippen LogP contribution in [0.3, 0.4) is 0 Å². The Kier molecular flexibility index (Phi) is 5.67. The summed E-state index contributed by atoms with van der Waals surface area (Å²) < 4.78 is 5.83. The number of nitrogens with zero attached hydrogens (tertiary/aromatic N) is 4. The topological polar surface area (TPSA) is 60.2 Å². The maximum atomic E-state index is 13.0. The SMILES string of the molecule is CCN(CC)Cc1cc(C(=O)N2CCN3CCN(C)C(=O)[C@H]3C2)c(C)o1. The Balaban J connectivity index is 1.71. The molecule has 2 aliphatic rings. The zero-order valence-electron chi connectivity index (χ0n) is 16.3. The fourth-order valence-corrected chi connectivity index (χ4v) is 3.82. The van der Waals surface area contributed by atoms with Gasteiger partial charge in [-0.2, -0.15) is 0 Å². The molecule has 2 aliphatic heterocycles. The number of furan rings is 1. The molecule has 2 fully saturated rings. The van der Waals surface area contributed by atoms with E-state index in [-0.39, 0.29) is 17.9 Å². The van der Waals surface area contributed by atoms with Crippen molar-refractivity contribution in [1.29, 1.82) is 0 Å². The van der Waals surface area contributed by atoms with Gasteiger partial charge in [-0.25, -0.2) is 0 Å². The fourth-order valence-electron chi connectivity index (χ4n) is 3.82. The first-order valence-electron chi connectivity index (χ1n) is 9.54. The fraction of sp³-hybridized carbons (Fsp3) is 0.684. The van der Waals surface area contributed by atoms with Crippen LogP contribution in [0.4, 0.5) is 0 Å². The molecule has 0 bridgehead atoms. The molecule has 2 amide bonds. The number of carbonyl (C=O) groups is 2. The number of fused-ring (bicyclic) bond motifs is 1. The predicted molar refractivity (Wildman–Crippen MR) is 99.0 cm³/mol. The molecule has 0 N–H and O–H groups in total. The van der Waals surface area contributed by atoms with Crippen molar-refractivity contribution < 1.29 is 14.0 Å². The Hall–Kier alpha value is -1.86. The van der Waals surface area contributed by atoms with Crippen LogP contribution in [0.1, 0.15) is 35.7 Å². The number of hydrogen-bond acceptors (Lipinski definition) is 5. The van der Waals surface area contributed by atoms with Crippen LogP contribution in [0.25, 0.3) is 0 Å². The van der Waals surface area contributed by atoms with Gasteiger partial charge in [-0.3, -0.25) is 19.4 Å². The highest BCUT2D eigenvalue weighted by Gasteiger charge is 2.39. The average Bonchev–Trinajstić information content (AvgIpc) is 3.02. The first kappa shape index (κ1) is 18.9. The highest BCUT2D eigenvalue weighted by molar-refractivity contribution is 5.96. The van der Waals surface area contributed by atoms with Gasteiger partial charge in [-0.15, -0.1) is 0 Å². The molecule has 1 atom stereocenters. The number of amides is 2. The molecule has 0 aliphatic carbocycles. The van der Waals surface area contributed by atoms with E-state index in [1.807, 2.05) is 20.0 Å². The maximum absolute atomic E-state index is 13.0. The minimum Gasteiger partial charge on any atom is -0.464 e. The number of likely N-dealkylation sites (N-methyl/N-ethyl adjacent to an activating group) is 1. The summed E-state index contributed by atoms with van der Waals surface area (Å²) in [7, 11) is 1.83. The van der Waals surface area contributed by atoms with Crippen LogP contribution in [0, 0.1) is 6.92 Å². The van der Waals surface area contributed by atoms with Gasteiger partial charge in [0.05, 0.1) is 12.1 Å². The number of piperazine rings is 2. The Bertz CT molecular complexity index is 668. The summed E-state index contributed by atoms with van der Waals surface area (Å²) in [5.74, 6) is 1.56. The van der Waals surface area contributed by atoms with Crippen molar-refractivity contribution >= 4 is 11.8 Å². The molecule has 1 aromatic rings. The summed E-state index contributed by atoms with van der Waals surface area (Å²) >= 11 is 0. The molecule has 0 aromatic carbocycles. The van der Waals surface area contributed by atoms with E-state index in [2.05, 4.69) is 23.6 Å². The maximum Gasteiger partial charge on any atom is 0.257 e. The minimum atomic E-state index is -0.214. The van der Waals surface area contributed by atoms with E-state index < -0.39 is 0 Å². The first-order valence-corrected chi connectivity index (χ1v) is 9.54. The smallest absolute Gasteiger partial charge is 0.257 e. The van der Waals surface area contributed by atoms with Gasteiger partial charge in [-0.1, -0.05) is 13.8 Å². The van der Waals surface area contributed by atoms with Gasteiger partial charge < -0.3 is 14.2 Å². The van der Waals surface area contributed by atoms with Crippen molar-refractivity contribution in [2.24, 2.45) is 0 Å².